The first kappa shape index (κ1) is 14.7. The van der Waals surface area contributed by atoms with Crippen molar-refractivity contribution in [1.29, 1.82) is 0 Å². The zero-order chi connectivity index (χ0) is 18.3. The van der Waals surface area contributed by atoms with Crippen molar-refractivity contribution < 1.29 is 23.0 Å². The minimum atomic E-state index is -0.454. The minimum Gasteiger partial charge on any atom is -0.485 e. The Morgan fingerprint density at radius 1 is 1.00 bits per heavy atom. The molecule has 4 aromatic rings. The summed E-state index contributed by atoms with van der Waals surface area (Å²) in [5.74, 6) is 1.91. The molecule has 6 heteroatoms. The van der Waals surface area contributed by atoms with Gasteiger partial charge >= 0.3 is 5.63 Å². The number of ether oxygens (including phenoxy) is 3. The first-order valence-electron chi connectivity index (χ1n) is 8.66. The fourth-order valence-electron chi connectivity index (χ4n) is 3.83. The van der Waals surface area contributed by atoms with Crippen LogP contribution < -0.4 is 19.8 Å². The summed E-state index contributed by atoms with van der Waals surface area (Å²) in [6.07, 6.45) is 0.695. The molecule has 0 saturated heterocycles. The van der Waals surface area contributed by atoms with Crippen molar-refractivity contribution in [3.05, 3.63) is 52.4 Å². The summed E-state index contributed by atoms with van der Waals surface area (Å²) in [5.41, 5.74) is 3.07. The van der Waals surface area contributed by atoms with Gasteiger partial charge in [-0.25, -0.2) is 4.79 Å². The highest BCUT2D eigenvalue weighted by molar-refractivity contribution is 6.13. The van der Waals surface area contributed by atoms with Gasteiger partial charge in [-0.2, -0.15) is 0 Å². The second-order valence-corrected chi connectivity index (χ2v) is 7.01. The lowest BCUT2D eigenvalue weighted by atomic mass is 10.0. The predicted octanol–water partition coefficient (Wildman–Crippen LogP) is 4.30. The van der Waals surface area contributed by atoms with Crippen molar-refractivity contribution in [2.24, 2.45) is 0 Å². The molecule has 6 rings (SSSR count). The number of fused-ring (bicyclic) bond motifs is 7. The SMILES string of the molecule is C=C(C)C1Cc2cc3oc4c5cc6c(cc5oc(=O)c4c3cc2O1)OCO6. The molecule has 0 spiro atoms. The molecular weight excluding hydrogens is 348 g/mol. The summed E-state index contributed by atoms with van der Waals surface area (Å²) in [5, 5.41) is 1.76. The van der Waals surface area contributed by atoms with Crippen molar-refractivity contribution in [3.63, 3.8) is 0 Å². The molecule has 0 saturated carbocycles. The van der Waals surface area contributed by atoms with Crippen LogP contribution in [0.3, 0.4) is 0 Å². The van der Waals surface area contributed by atoms with Gasteiger partial charge in [0.25, 0.3) is 0 Å². The van der Waals surface area contributed by atoms with E-state index in [4.69, 9.17) is 23.0 Å². The van der Waals surface area contributed by atoms with E-state index in [2.05, 4.69) is 6.58 Å². The number of hydrogen-bond acceptors (Lipinski definition) is 6. The highest BCUT2D eigenvalue weighted by Gasteiger charge is 2.27. The molecule has 0 fully saturated rings. The van der Waals surface area contributed by atoms with Crippen LogP contribution in [0.2, 0.25) is 0 Å². The number of rotatable bonds is 1. The average molecular weight is 362 g/mol. The highest BCUT2D eigenvalue weighted by atomic mass is 16.7. The molecule has 27 heavy (non-hydrogen) atoms. The predicted molar refractivity (Wildman–Crippen MR) is 98.8 cm³/mol. The van der Waals surface area contributed by atoms with Gasteiger partial charge in [0.2, 0.25) is 6.79 Å². The van der Waals surface area contributed by atoms with Gasteiger partial charge in [0.05, 0.1) is 5.39 Å². The third-order valence-electron chi connectivity index (χ3n) is 5.22. The first-order valence-corrected chi connectivity index (χ1v) is 8.66. The van der Waals surface area contributed by atoms with Crippen molar-refractivity contribution >= 4 is 32.9 Å². The van der Waals surface area contributed by atoms with Gasteiger partial charge in [-0.3, -0.25) is 0 Å². The normalized spacial score (nSPS) is 17.6. The average Bonchev–Trinajstić information content (AvgIpc) is 3.33. The molecule has 1 atom stereocenters. The van der Waals surface area contributed by atoms with E-state index >= 15 is 0 Å². The maximum atomic E-state index is 12.7. The molecule has 0 aliphatic carbocycles. The molecule has 6 nitrogen and oxygen atoms in total. The quantitative estimate of drug-likeness (QED) is 0.371. The Hall–Kier alpha value is -3.41. The number of hydrogen-bond donors (Lipinski definition) is 0. The molecule has 2 aliphatic rings. The van der Waals surface area contributed by atoms with Crippen molar-refractivity contribution in [2.45, 2.75) is 19.4 Å². The van der Waals surface area contributed by atoms with Crippen molar-refractivity contribution in [1.82, 2.24) is 0 Å². The standard InChI is InChI=1S/C21H14O6/c1-9(2)13-3-10-4-15-11(5-14(10)25-13)19-20(26-15)12-6-17-18(24-8-23-17)7-16(12)27-21(19)22/h4-7,13H,1,3,8H2,2H3. The maximum Gasteiger partial charge on any atom is 0.348 e. The fourth-order valence-corrected chi connectivity index (χ4v) is 3.83. The van der Waals surface area contributed by atoms with Crippen molar-refractivity contribution in [3.8, 4) is 17.2 Å². The van der Waals surface area contributed by atoms with Crippen LogP contribution in [0.25, 0.3) is 32.9 Å². The molecule has 4 heterocycles. The summed E-state index contributed by atoms with van der Waals surface area (Å²) in [6.45, 7) is 6.06. The number of furan rings is 1. The summed E-state index contributed by atoms with van der Waals surface area (Å²) in [7, 11) is 0. The Morgan fingerprint density at radius 3 is 2.56 bits per heavy atom. The molecule has 2 aromatic carbocycles. The third-order valence-corrected chi connectivity index (χ3v) is 5.22. The second kappa shape index (κ2) is 4.85. The Morgan fingerprint density at radius 2 is 1.74 bits per heavy atom. The van der Waals surface area contributed by atoms with E-state index in [1.807, 2.05) is 19.1 Å². The lowest BCUT2D eigenvalue weighted by molar-refractivity contribution is 0.174. The van der Waals surface area contributed by atoms with Crippen LogP contribution in [-0.2, 0) is 6.42 Å². The van der Waals surface area contributed by atoms with E-state index in [0.29, 0.717) is 44.4 Å². The maximum absolute atomic E-state index is 12.7. The van der Waals surface area contributed by atoms with E-state index < -0.39 is 5.63 Å². The van der Waals surface area contributed by atoms with Gasteiger partial charge in [0.15, 0.2) is 17.1 Å². The van der Waals surface area contributed by atoms with Gasteiger partial charge in [-0.15, -0.1) is 0 Å². The monoisotopic (exact) mass is 362 g/mol. The molecule has 0 N–H and O–H groups in total. The van der Waals surface area contributed by atoms with Gasteiger partial charge in [0, 0.05) is 23.4 Å². The zero-order valence-electron chi connectivity index (χ0n) is 14.5. The number of benzene rings is 2. The summed E-state index contributed by atoms with van der Waals surface area (Å²) in [4.78, 5) is 12.7. The molecule has 2 aliphatic heterocycles. The van der Waals surface area contributed by atoms with Crippen LogP contribution in [0.4, 0.5) is 0 Å². The van der Waals surface area contributed by atoms with E-state index in [9.17, 15) is 4.79 Å². The Bertz CT molecular complexity index is 1360. The molecule has 0 bridgehead atoms. The molecule has 0 radical (unpaired) electrons. The van der Waals surface area contributed by atoms with Crippen molar-refractivity contribution in [2.75, 3.05) is 6.79 Å². The Balaban J connectivity index is 1.67. The van der Waals surface area contributed by atoms with E-state index in [1.54, 1.807) is 12.1 Å². The van der Waals surface area contributed by atoms with E-state index in [1.165, 1.54) is 0 Å². The second-order valence-electron chi connectivity index (χ2n) is 7.01. The van der Waals surface area contributed by atoms with Crippen LogP contribution in [-0.4, -0.2) is 12.9 Å². The summed E-state index contributed by atoms with van der Waals surface area (Å²) >= 11 is 0. The van der Waals surface area contributed by atoms with Crippen LogP contribution in [0, 0.1) is 0 Å². The first-order chi connectivity index (χ1) is 13.1. The molecule has 2 aromatic heterocycles. The zero-order valence-corrected chi connectivity index (χ0v) is 14.5. The highest BCUT2D eigenvalue weighted by Crippen LogP contribution is 2.42. The third kappa shape index (κ3) is 1.92. The fraction of sp³-hybridized carbons (Fsp3) is 0.190. The molecule has 134 valence electrons. The van der Waals surface area contributed by atoms with Crippen LogP contribution in [0.1, 0.15) is 12.5 Å². The largest absolute Gasteiger partial charge is 0.485 e. The molecule has 1 unspecified atom stereocenters. The van der Waals surface area contributed by atoms with Crippen LogP contribution in [0.5, 0.6) is 17.2 Å². The Labute approximate surface area is 152 Å². The van der Waals surface area contributed by atoms with E-state index in [-0.39, 0.29) is 12.9 Å². The lowest BCUT2D eigenvalue weighted by Gasteiger charge is -2.08. The smallest absolute Gasteiger partial charge is 0.348 e. The lowest BCUT2D eigenvalue weighted by Crippen LogP contribution is -2.13. The Kier molecular flexibility index (Phi) is 2.65. The van der Waals surface area contributed by atoms with Gasteiger partial charge in [-0.05, 0) is 30.7 Å². The molecule has 0 amide bonds. The minimum absolute atomic E-state index is 0.0465. The van der Waals surface area contributed by atoms with Crippen LogP contribution in [0.15, 0.2) is 50.0 Å². The van der Waals surface area contributed by atoms with Crippen LogP contribution >= 0.6 is 0 Å². The summed E-state index contributed by atoms with van der Waals surface area (Å²) in [6, 6.07) is 7.24. The molecular formula is C21H14O6. The van der Waals surface area contributed by atoms with Gasteiger partial charge < -0.3 is 23.0 Å². The summed E-state index contributed by atoms with van der Waals surface area (Å²) < 4.78 is 28.4. The van der Waals surface area contributed by atoms with Gasteiger partial charge in [-0.1, -0.05) is 6.58 Å². The topological polar surface area (TPSA) is 71.0 Å². The van der Waals surface area contributed by atoms with Gasteiger partial charge in [0.1, 0.15) is 28.4 Å². The van der Waals surface area contributed by atoms with E-state index in [0.717, 1.165) is 23.3 Å².